The van der Waals surface area contributed by atoms with Gasteiger partial charge in [0, 0.05) is 10.5 Å². The molecule has 0 heterocycles. The zero-order chi connectivity index (χ0) is 15.3. The Morgan fingerprint density at radius 3 is 2.00 bits per heavy atom. The number of ether oxygens (including phenoxy) is 2. The van der Waals surface area contributed by atoms with Gasteiger partial charge >= 0.3 is 0 Å². The molecule has 1 aromatic rings. The van der Waals surface area contributed by atoms with Crippen molar-refractivity contribution in [1.29, 1.82) is 0 Å². The van der Waals surface area contributed by atoms with Gasteiger partial charge < -0.3 is 14.8 Å². The van der Waals surface area contributed by atoms with Crippen LogP contribution in [0.1, 0.15) is 46.2 Å². The first-order valence-corrected chi connectivity index (χ1v) is 7.90. The zero-order valence-electron chi connectivity index (χ0n) is 13.3. The van der Waals surface area contributed by atoms with Crippen molar-refractivity contribution in [2.75, 3.05) is 20.3 Å². The van der Waals surface area contributed by atoms with E-state index in [-0.39, 0.29) is 11.5 Å². The Kier molecular flexibility index (Phi) is 6.34. The summed E-state index contributed by atoms with van der Waals surface area (Å²) in [5, 5.41) is 3.39. The summed E-state index contributed by atoms with van der Waals surface area (Å²) in [6.45, 7) is 11.9. The maximum Gasteiger partial charge on any atom is 0.162 e. The average molecular weight is 344 g/mol. The van der Waals surface area contributed by atoms with Crippen LogP contribution in [0.25, 0.3) is 0 Å². The first-order valence-electron chi connectivity index (χ1n) is 7.11. The molecule has 1 N–H and O–H groups in total. The van der Waals surface area contributed by atoms with Crippen molar-refractivity contribution in [3.05, 3.63) is 22.2 Å². The lowest BCUT2D eigenvalue weighted by Crippen LogP contribution is -2.30. The maximum atomic E-state index is 5.72. The molecule has 0 spiro atoms. The van der Waals surface area contributed by atoms with Crippen molar-refractivity contribution >= 4 is 15.9 Å². The summed E-state index contributed by atoms with van der Waals surface area (Å²) in [6.07, 6.45) is 0. The molecule has 0 radical (unpaired) electrons. The highest BCUT2D eigenvalue weighted by Gasteiger charge is 2.27. The van der Waals surface area contributed by atoms with Crippen molar-refractivity contribution in [3.8, 4) is 11.5 Å². The van der Waals surface area contributed by atoms with E-state index in [1.54, 1.807) is 0 Å². The third kappa shape index (κ3) is 4.13. The van der Waals surface area contributed by atoms with Crippen LogP contribution in [0.5, 0.6) is 11.5 Å². The standard InChI is InChI=1S/C16H26BrNO2/c1-7-19-13-9-11(15(18-6)16(3,4)5)12(17)10-14(13)20-8-2/h9-10,15,18H,7-8H2,1-6H3. The highest BCUT2D eigenvalue weighted by Crippen LogP contribution is 2.41. The van der Waals surface area contributed by atoms with E-state index in [9.17, 15) is 0 Å². The molecule has 1 aromatic carbocycles. The maximum absolute atomic E-state index is 5.72. The molecule has 0 bridgehead atoms. The SMILES string of the molecule is CCOc1cc(Br)c(C(NC)C(C)(C)C)cc1OCC. The van der Waals surface area contributed by atoms with Crippen molar-refractivity contribution in [2.45, 2.75) is 40.7 Å². The molecule has 0 aliphatic heterocycles. The predicted molar refractivity (Wildman–Crippen MR) is 87.7 cm³/mol. The van der Waals surface area contributed by atoms with E-state index in [1.807, 2.05) is 27.0 Å². The Morgan fingerprint density at radius 2 is 1.60 bits per heavy atom. The Labute approximate surface area is 131 Å². The van der Waals surface area contributed by atoms with Crippen LogP contribution in [0.2, 0.25) is 0 Å². The van der Waals surface area contributed by atoms with Crippen LogP contribution in [-0.4, -0.2) is 20.3 Å². The Hall–Kier alpha value is -0.740. The van der Waals surface area contributed by atoms with Crippen LogP contribution < -0.4 is 14.8 Å². The summed E-state index contributed by atoms with van der Waals surface area (Å²) < 4.78 is 12.4. The minimum atomic E-state index is 0.105. The molecule has 1 rings (SSSR count). The molecule has 0 saturated heterocycles. The quantitative estimate of drug-likeness (QED) is 0.821. The van der Waals surface area contributed by atoms with Crippen LogP contribution in [-0.2, 0) is 0 Å². The molecule has 0 fully saturated rings. The molecule has 1 unspecified atom stereocenters. The molecule has 114 valence electrons. The van der Waals surface area contributed by atoms with Crippen molar-refractivity contribution in [2.24, 2.45) is 5.41 Å². The highest BCUT2D eigenvalue weighted by molar-refractivity contribution is 9.10. The van der Waals surface area contributed by atoms with Gasteiger partial charge in [0.25, 0.3) is 0 Å². The largest absolute Gasteiger partial charge is 0.490 e. The van der Waals surface area contributed by atoms with Gasteiger partial charge in [-0.05, 0) is 44.0 Å². The van der Waals surface area contributed by atoms with Crippen molar-refractivity contribution < 1.29 is 9.47 Å². The van der Waals surface area contributed by atoms with Crippen LogP contribution in [0.3, 0.4) is 0 Å². The molecule has 3 nitrogen and oxygen atoms in total. The Bertz CT molecular complexity index is 441. The average Bonchev–Trinajstić information content (AvgIpc) is 2.34. The van der Waals surface area contributed by atoms with Gasteiger partial charge in [-0.2, -0.15) is 0 Å². The molecule has 0 amide bonds. The third-order valence-corrected chi connectivity index (χ3v) is 3.82. The van der Waals surface area contributed by atoms with Crippen LogP contribution in [0.15, 0.2) is 16.6 Å². The minimum absolute atomic E-state index is 0.105. The number of rotatable bonds is 6. The fraction of sp³-hybridized carbons (Fsp3) is 0.625. The van der Waals surface area contributed by atoms with Gasteiger partial charge in [-0.15, -0.1) is 0 Å². The van der Waals surface area contributed by atoms with Crippen LogP contribution in [0.4, 0.5) is 0 Å². The lowest BCUT2D eigenvalue weighted by molar-refractivity contribution is 0.275. The first kappa shape index (κ1) is 17.3. The number of nitrogens with one attached hydrogen (secondary N) is 1. The first-order chi connectivity index (χ1) is 9.35. The summed E-state index contributed by atoms with van der Waals surface area (Å²) in [5.41, 5.74) is 1.29. The van der Waals surface area contributed by atoms with Crippen LogP contribution in [0, 0.1) is 5.41 Å². The van der Waals surface area contributed by atoms with Gasteiger partial charge in [0.15, 0.2) is 11.5 Å². The van der Waals surface area contributed by atoms with E-state index in [1.165, 1.54) is 5.56 Å². The van der Waals surface area contributed by atoms with E-state index >= 15 is 0 Å². The molecule has 0 aromatic heterocycles. The number of benzene rings is 1. The smallest absolute Gasteiger partial charge is 0.162 e. The molecular formula is C16H26BrNO2. The minimum Gasteiger partial charge on any atom is -0.490 e. The number of hydrogen-bond donors (Lipinski definition) is 1. The summed E-state index contributed by atoms with van der Waals surface area (Å²) in [4.78, 5) is 0. The molecule has 1 atom stereocenters. The summed E-state index contributed by atoms with van der Waals surface area (Å²) in [7, 11) is 1.99. The predicted octanol–water partition coefficient (Wildman–Crippen LogP) is 4.55. The van der Waals surface area contributed by atoms with Gasteiger partial charge in [-0.1, -0.05) is 36.7 Å². The second-order valence-electron chi connectivity index (χ2n) is 5.77. The lowest BCUT2D eigenvalue weighted by atomic mass is 9.82. The third-order valence-electron chi connectivity index (χ3n) is 3.13. The van der Waals surface area contributed by atoms with E-state index < -0.39 is 0 Å². The van der Waals surface area contributed by atoms with E-state index in [2.05, 4.69) is 48.1 Å². The Balaban J connectivity index is 3.29. The monoisotopic (exact) mass is 343 g/mol. The van der Waals surface area contributed by atoms with Crippen molar-refractivity contribution in [1.82, 2.24) is 5.32 Å². The highest BCUT2D eigenvalue weighted by atomic mass is 79.9. The van der Waals surface area contributed by atoms with Gasteiger partial charge in [-0.25, -0.2) is 0 Å². The fourth-order valence-electron chi connectivity index (χ4n) is 2.36. The summed E-state index contributed by atoms with van der Waals surface area (Å²) >= 11 is 3.66. The molecule has 0 aliphatic carbocycles. The number of halogens is 1. The topological polar surface area (TPSA) is 30.5 Å². The second-order valence-corrected chi connectivity index (χ2v) is 6.63. The number of hydrogen-bond acceptors (Lipinski definition) is 3. The Morgan fingerprint density at radius 1 is 1.10 bits per heavy atom. The van der Waals surface area contributed by atoms with E-state index in [0.717, 1.165) is 16.0 Å². The van der Waals surface area contributed by atoms with Gasteiger partial charge in [0.1, 0.15) is 0 Å². The van der Waals surface area contributed by atoms with Crippen molar-refractivity contribution in [3.63, 3.8) is 0 Å². The fourth-order valence-corrected chi connectivity index (χ4v) is 2.91. The van der Waals surface area contributed by atoms with E-state index in [0.29, 0.717) is 13.2 Å². The lowest BCUT2D eigenvalue weighted by Gasteiger charge is -2.32. The summed E-state index contributed by atoms with van der Waals surface area (Å²) in [5.74, 6) is 1.59. The summed E-state index contributed by atoms with van der Waals surface area (Å²) in [6, 6.07) is 4.30. The van der Waals surface area contributed by atoms with E-state index in [4.69, 9.17) is 9.47 Å². The van der Waals surface area contributed by atoms with Gasteiger partial charge in [-0.3, -0.25) is 0 Å². The van der Waals surface area contributed by atoms with Crippen LogP contribution >= 0.6 is 15.9 Å². The van der Waals surface area contributed by atoms with Gasteiger partial charge in [0.2, 0.25) is 0 Å². The molecule has 4 heteroatoms. The normalized spacial score (nSPS) is 13.2. The zero-order valence-corrected chi connectivity index (χ0v) is 14.9. The molecule has 0 saturated carbocycles. The molecule has 20 heavy (non-hydrogen) atoms. The second kappa shape index (κ2) is 7.32. The molecule has 0 aliphatic rings. The van der Waals surface area contributed by atoms with Gasteiger partial charge in [0.05, 0.1) is 13.2 Å². The molecular weight excluding hydrogens is 318 g/mol.